The Balaban J connectivity index is 1.79. The van der Waals surface area contributed by atoms with Gasteiger partial charge >= 0.3 is 5.97 Å². The standard InChI is InChI=1S/C21H28N2O2/c1-3-5-6-7-8-9-14-25-21(24)19-12-10-18(11-13-19)20-22-15-17(4-2)16-23-20/h10-13,15-16H,3-9,14H2,1-2H3. The van der Waals surface area contributed by atoms with E-state index in [0.29, 0.717) is 18.0 Å². The Morgan fingerprint density at radius 3 is 2.20 bits per heavy atom. The SMILES string of the molecule is CCCCCCCCOC(=O)c1ccc(-c2ncc(CC)cn2)cc1. The van der Waals surface area contributed by atoms with Crippen molar-refractivity contribution in [2.45, 2.75) is 58.8 Å². The highest BCUT2D eigenvalue weighted by atomic mass is 16.5. The van der Waals surface area contributed by atoms with Crippen LogP contribution >= 0.6 is 0 Å². The maximum absolute atomic E-state index is 12.1. The lowest BCUT2D eigenvalue weighted by Crippen LogP contribution is -2.06. The van der Waals surface area contributed by atoms with Gasteiger partial charge in [0.05, 0.1) is 12.2 Å². The van der Waals surface area contributed by atoms with Crippen LogP contribution in [0.2, 0.25) is 0 Å². The number of unbranched alkanes of at least 4 members (excludes halogenated alkanes) is 5. The third-order valence-electron chi connectivity index (χ3n) is 4.22. The maximum Gasteiger partial charge on any atom is 0.338 e. The van der Waals surface area contributed by atoms with E-state index in [1.54, 1.807) is 12.1 Å². The molecule has 0 spiro atoms. The van der Waals surface area contributed by atoms with Crippen molar-refractivity contribution in [3.05, 3.63) is 47.8 Å². The fourth-order valence-corrected chi connectivity index (χ4v) is 2.57. The molecule has 4 nitrogen and oxygen atoms in total. The highest BCUT2D eigenvalue weighted by molar-refractivity contribution is 5.89. The Morgan fingerprint density at radius 1 is 0.920 bits per heavy atom. The Labute approximate surface area is 150 Å². The first-order chi connectivity index (χ1) is 12.2. The van der Waals surface area contributed by atoms with Gasteiger partial charge in [0.1, 0.15) is 0 Å². The summed E-state index contributed by atoms with van der Waals surface area (Å²) in [5.41, 5.74) is 2.58. The van der Waals surface area contributed by atoms with Crippen LogP contribution < -0.4 is 0 Å². The largest absolute Gasteiger partial charge is 0.462 e. The minimum atomic E-state index is -0.262. The molecule has 0 fully saturated rings. The molecule has 1 heterocycles. The number of hydrogen-bond acceptors (Lipinski definition) is 4. The number of carbonyl (C=O) groups is 1. The number of hydrogen-bond donors (Lipinski definition) is 0. The molecule has 0 N–H and O–H groups in total. The van der Waals surface area contributed by atoms with E-state index in [1.807, 2.05) is 24.5 Å². The predicted octanol–water partition coefficient (Wildman–Crippen LogP) is 5.22. The summed E-state index contributed by atoms with van der Waals surface area (Å²) in [6, 6.07) is 7.27. The van der Waals surface area contributed by atoms with Gasteiger partial charge in [-0.05, 0) is 30.5 Å². The molecular weight excluding hydrogens is 312 g/mol. The average Bonchev–Trinajstić information content (AvgIpc) is 2.67. The van der Waals surface area contributed by atoms with Gasteiger partial charge in [0, 0.05) is 18.0 Å². The molecule has 0 saturated carbocycles. The Kier molecular flexibility index (Phi) is 8.10. The first-order valence-electron chi connectivity index (χ1n) is 9.33. The lowest BCUT2D eigenvalue weighted by atomic mass is 10.1. The highest BCUT2D eigenvalue weighted by Gasteiger charge is 2.08. The van der Waals surface area contributed by atoms with Crippen LogP contribution in [0, 0.1) is 0 Å². The van der Waals surface area contributed by atoms with Crippen molar-refractivity contribution in [3.63, 3.8) is 0 Å². The molecule has 0 radical (unpaired) electrons. The number of benzene rings is 1. The van der Waals surface area contributed by atoms with E-state index in [2.05, 4.69) is 23.8 Å². The van der Waals surface area contributed by atoms with Crippen LogP contribution in [0.5, 0.6) is 0 Å². The summed E-state index contributed by atoms with van der Waals surface area (Å²) in [6.07, 6.45) is 11.7. The molecule has 0 saturated heterocycles. The minimum absolute atomic E-state index is 0.262. The molecule has 1 aromatic heterocycles. The van der Waals surface area contributed by atoms with Crippen molar-refractivity contribution in [2.24, 2.45) is 0 Å². The molecular formula is C21H28N2O2. The molecule has 4 heteroatoms. The lowest BCUT2D eigenvalue weighted by Gasteiger charge is -2.06. The van der Waals surface area contributed by atoms with Gasteiger partial charge in [-0.2, -0.15) is 0 Å². The first-order valence-corrected chi connectivity index (χ1v) is 9.33. The third-order valence-corrected chi connectivity index (χ3v) is 4.22. The Hall–Kier alpha value is -2.23. The van der Waals surface area contributed by atoms with Crippen LogP contribution in [0.3, 0.4) is 0 Å². The molecule has 134 valence electrons. The molecule has 0 aliphatic heterocycles. The normalized spacial score (nSPS) is 10.6. The fourth-order valence-electron chi connectivity index (χ4n) is 2.57. The predicted molar refractivity (Wildman–Crippen MR) is 101 cm³/mol. The van der Waals surface area contributed by atoms with Crippen molar-refractivity contribution in [1.29, 1.82) is 0 Å². The minimum Gasteiger partial charge on any atom is -0.462 e. The fraction of sp³-hybridized carbons (Fsp3) is 0.476. The van der Waals surface area contributed by atoms with Crippen LogP contribution in [0.4, 0.5) is 0 Å². The smallest absolute Gasteiger partial charge is 0.338 e. The second-order valence-corrected chi connectivity index (χ2v) is 6.25. The molecule has 0 unspecified atom stereocenters. The molecule has 0 bridgehead atoms. The number of carbonyl (C=O) groups excluding carboxylic acids is 1. The summed E-state index contributed by atoms with van der Waals surface area (Å²) in [5, 5.41) is 0. The van der Waals surface area contributed by atoms with E-state index in [-0.39, 0.29) is 5.97 Å². The molecule has 1 aromatic carbocycles. The topological polar surface area (TPSA) is 52.1 Å². The van der Waals surface area contributed by atoms with Gasteiger partial charge in [0.2, 0.25) is 0 Å². The summed E-state index contributed by atoms with van der Waals surface area (Å²) in [5.74, 6) is 0.409. The monoisotopic (exact) mass is 340 g/mol. The van der Waals surface area contributed by atoms with Crippen molar-refractivity contribution in [3.8, 4) is 11.4 Å². The van der Waals surface area contributed by atoms with Gasteiger partial charge in [-0.25, -0.2) is 14.8 Å². The molecule has 0 aliphatic carbocycles. The van der Waals surface area contributed by atoms with Crippen molar-refractivity contribution < 1.29 is 9.53 Å². The molecule has 2 aromatic rings. The molecule has 0 atom stereocenters. The summed E-state index contributed by atoms with van der Waals surface area (Å²) in [7, 11) is 0. The quantitative estimate of drug-likeness (QED) is 0.439. The summed E-state index contributed by atoms with van der Waals surface area (Å²) in [6.45, 7) is 4.78. The third kappa shape index (κ3) is 6.29. The van der Waals surface area contributed by atoms with Gasteiger partial charge in [-0.1, -0.05) is 58.1 Å². The van der Waals surface area contributed by atoms with Gasteiger partial charge in [0.15, 0.2) is 5.82 Å². The zero-order valence-electron chi connectivity index (χ0n) is 15.3. The number of nitrogens with zero attached hydrogens (tertiary/aromatic N) is 2. The van der Waals surface area contributed by atoms with E-state index in [4.69, 9.17) is 4.74 Å². The molecule has 2 rings (SSSR count). The van der Waals surface area contributed by atoms with E-state index < -0.39 is 0 Å². The van der Waals surface area contributed by atoms with E-state index in [1.165, 1.54) is 25.7 Å². The summed E-state index contributed by atoms with van der Waals surface area (Å²) in [4.78, 5) is 20.8. The Bertz CT molecular complexity index is 636. The maximum atomic E-state index is 12.1. The van der Waals surface area contributed by atoms with Crippen LogP contribution in [-0.2, 0) is 11.2 Å². The number of aromatic nitrogens is 2. The number of esters is 1. The van der Waals surface area contributed by atoms with E-state index >= 15 is 0 Å². The van der Waals surface area contributed by atoms with Crippen LogP contribution in [0.15, 0.2) is 36.7 Å². The lowest BCUT2D eigenvalue weighted by molar-refractivity contribution is 0.0497. The summed E-state index contributed by atoms with van der Waals surface area (Å²) < 4.78 is 5.34. The van der Waals surface area contributed by atoms with Crippen molar-refractivity contribution >= 4 is 5.97 Å². The number of rotatable bonds is 10. The molecule has 0 aliphatic rings. The second-order valence-electron chi connectivity index (χ2n) is 6.25. The van der Waals surface area contributed by atoms with Gasteiger partial charge in [-0.15, -0.1) is 0 Å². The Morgan fingerprint density at radius 2 is 1.56 bits per heavy atom. The van der Waals surface area contributed by atoms with Crippen LogP contribution in [0.25, 0.3) is 11.4 Å². The zero-order valence-corrected chi connectivity index (χ0v) is 15.3. The number of aryl methyl sites for hydroxylation is 1. The highest BCUT2D eigenvalue weighted by Crippen LogP contribution is 2.16. The average molecular weight is 340 g/mol. The first kappa shape index (κ1) is 19.1. The van der Waals surface area contributed by atoms with Crippen LogP contribution in [0.1, 0.15) is 68.3 Å². The van der Waals surface area contributed by atoms with Gasteiger partial charge in [0.25, 0.3) is 0 Å². The van der Waals surface area contributed by atoms with E-state index in [9.17, 15) is 4.79 Å². The zero-order chi connectivity index (χ0) is 17.9. The van der Waals surface area contributed by atoms with E-state index in [0.717, 1.165) is 30.4 Å². The van der Waals surface area contributed by atoms with Crippen LogP contribution in [-0.4, -0.2) is 22.5 Å². The van der Waals surface area contributed by atoms with Gasteiger partial charge < -0.3 is 4.74 Å². The number of ether oxygens (including phenoxy) is 1. The van der Waals surface area contributed by atoms with Crippen molar-refractivity contribution in [1.82, 2.24) is 9.97 Å². The molecule has 25 heavy (non-hydrogen) atoms. The van der Waals surface area contributed by atoms with Crippen molar-refractivity contribution in [2.75, 3.05) is 6.61 Å². The van der Waals surface area contributed by atoms with Gasteiger partial charge in [-0.3, -0.25) is 0 Å². The second kappa shape index (κ2) is 10.6. The summed E-state index contributed by atoms with van der Waals surface area (Å²) >= 11 is 0. The molecule has 0 amide bonds.